The number of aliphatic hydroxyl groups is 7. The number of ether oxygens (including phenoxy) is 14. The van der Waals surface area contributed by atoms with E-state index in [1.54, 1.807) is 27.2 Å². The number of rotatable bonds is 18. The molecule has 8 fully saturated rings. The van der Waals surface area contributed by atoms with Crippen LogP contribution >= 0.6 is 0 Å². The van der Waals surface area contributed by atoms with Crippen molar-refractivity contribution in [3.05, 3.63) is 53.6 Å². The highest BCUT2D eigenvalue weighted by molar-refractivity contribution is 5.87. The van der Waals surface area contributed by atoms with Gasteiger partial charge >= 0.3 is 5.97 Å². The zero-order chi connectivity index (χ0) is 61.8. The summed E-state index contributed by atoms with van der Waals surface area (Å²) in [6, 6.07) is 9.40. The molecular weight excluding hydrogens is 1120 g/mol. The lowest BCUT2D eigenvalue weighted by molar-refractivity contribution is -0.358. The predicted molar refractivity (Wildman–Crippen MR) is 302 cm³/mol. The number of Topliss-reactive ketones (excluding diaryl/α,β-unsaturated/α-hetero) is 1. The normalized spacial score (nSPS) is 48.8. The first-order valence-corrected chi connectivity index (χ1v) is 30.9. The maximum absolute atomic E-state index is 13.6. The van der Waals surface area contributed by atoms with E-state index in [4.69, 9.17) is 66.3 Å². The lowest BCUT2D eigenvalue weighted by Crippen LogP contribution is -2.75. The maximum Gasteiger partial charge on any atom is 0.331 e. The fourth-order valence-electron chi connectivity index (χ4n) is 16.4. The van der Waals surface area contributed by atoms with Crippen molar-refractivity contribution in [2.45, 2.75) is 272 Å². The Hall–Kier alpha value is -2.96. The van der Waals surface area contributed by atoms with Crippen molar-refractivity contribution in [2.24, 2.45) is 22.7 Å². The Labute approximate surface area is 503 Å². The number of hydrogen-bond donors (Lipinski definition) is 7. The average molecular weight is 1220 g/mol. The molecule has 3 saturated carbocycles. The minimum atomic E-state index is -1.71. The molecule has 5 saturated heterocycles. The summed E-state index contributed by atoms with van der Waals surface area (Å²) < 4.78 is 87.6. The lowest BCUT2D eigenvalue weighted by Gasteiger charge is -2.66. The van der Waals surface area contributed by atoms with Crippen LogP contribution in [0.3, 0.4) is 0 Å². The summed E-state index contributed by atoms with van der Waals surface area (Å²) in [6.07, 6.45) is -10.2. The molecule has 29 atom stereocenters. The van der Waals surface area contributed by atoms with Crippen molar-refractivity contribution in [1.29, 1.82) is 0 Å². The second-order valence-corrected chi connectivity index (χ2v) is 26.1. The second kappa shape index (κ2) is 26.7. The summed E-state index contributed by atoms with van der Waals surface area (Å²) in [5.74, 6) is -1.79. The molecular formula is C63H94O23. The van der Waals surface area contributed by atoms with Crippen LogP contribution in [0.1, 0.15) is 125 Å². The van der Waals surface area contributed by atoms with Crippen molar-refractivity contribution in [3.8, 4) is 0 Å². The summed E-state index contributed by atoms with van der Waals surface area (Å²) in [6.45, 7) is 12.2. The molecule has 0 radical (unpaired) electrons. The predicted octanol–water partition coefficient (Wildman–Crippen LogP) is 3.29. The van der Waals surface area contributed by atoms with Gasteiger partial charge in [0.1, 0.15) is 71.9 Å². The molecule has 9 aliphatic rings. The number of carbonyl (C=O) groups excluding carboxylic acids is 2. The van der Waals surface area contributed by atoms with Crippen LogP contribution in [0.2, 0.25) is 0 Å². The smallest absolute Gasteiger partial charge is 0.331 e. The average Bonchev–Trinajstić information content (AvgIpc) is 1.29. The highest BCUT2D eigenvalue weighted by atomic mass is 16.8. The first-order chi connectivity index (χ1) is 40.9. The molecule has 23 heteroatoms. The van der Waals surface area contributed by atoms with E-state index in [9.17, 15) is 45.3 Å². The van der Waals surface area contributed by atoms with Crippen molar-refractivity contribution in [2.75, 3.05) is 27.9 Å². The number of fused-ring (bicyclic) bond motifs is 5. The van der Waals surface area contributed by atoms with Crippen LogP contribution in [0, 0.1) is 22.7 Å². The van der Waals surface area contributed by atoms with Crippen molar-refractivity contribution in [3.63, 3.8) is 0 Å². The molecule has 1 aromatic rings. The van der Waals surface area contributed by atoms with E-state index in [1.165, 1.54) is 20.1 Å². The van der Waals surface area contributed by atoms with Crippen molar-refractivity contribution < 1.29 is 112 Å². The zero-order valence-corrected chi connectivity index (χ0v) is 51.2. The first kappa shape index (κ1) is 66.0. The number of methoxy groups -OCH3 is 3. The molecule has 5 aliphatic heterocycles. The SMILES string of the molecule is COC1CC(OC2C(O)CC(OC3CCC4(C)C(=CCC5(O)C4CC(OC(=O)C=Cc4ccccc4)C4(C)C(C(C)=O)CCC54O)C3)OC2C)OC(C)C1OC1CC(OC)C(OC2CC(OC)C(OC3OC(CO)C(O)C(O)C3O)C(C)O2)C(C)O1. The molecule has 484 valence electrons. The van der Waals surface area contributed by atoms with Crippen LogP contribution in [0.4, 0.5) is 0 Å². The van der Waals surface area contributed by atoms with E-state index in [1.807, 2.05) is 64.1 Å². The lowest BCUT2D eigenvalue weighted by atomic mass is 9.43. The monoisotopic (exact) mass is 1220 g/mol. The standard InChI is InChI=1S/C63H94O23/c1-31(65)39-20-23-63(72)61(39,7)46(82-47(67)17-16-36-14-12-11-13-15-36)29-45-60(6)21-19-38(24-37(60)18-22-62(45,63)71)80-48-25-40(66)55(32(2)76-48)83-49-26-41(73-8)56(33(3)77-49)84-50-27-42(74-9)57(34(4)78-50)85-51-28-43(75-10)58(35(5)79-51)86-59-54(70)53(69)52(68)44(30-64)81-59/h11-18,32-35,38-46,48-59,64,66,68-72H,19-30H2,1-10H3. The van der Waals surface area contributed by atoms with Crippen LogP contribution in [0.15, 0.2) is 48.1 Å². The van der Waals surface area contributed by atoms with Gasteiger partial charge in [-0.15, -0.1) is 0 Å². The Kier molecular flexibility index (Phi) is 20.5. The van der Waals surface area contributed by atoms with E-state index < -0.39 is 182 Å². The third-order valence-electron chi connectivity index (χ3n) is 21.2. The molecule has 7 N–H and O–H groups in total. The quantitative estimate of drug-likeness (QED) is 0.0630. The van der Waals surface area contributed by atoms with Gasteiger partial charge in [0.2, 0.25) is 0 Å². The molecule has 5 heterocycles. The Morgan fingerprint density at radius 3 is 1.72 bits per heavy atom. The van der Waals surface area contributed by atoms with Gasteiger partial charge in [-0.05, 0) is 96.6 Å². The van der Waals surface area contributed by atoms with Crippen LogP contribution in [0.25, 0.3) is 6.08 Å². The van der Waals surface area contributed by atoms with E-state index in [2.05, 4.69) is 6.92 Å². The van der Waals surface area contributed by atoms with Crippen LogP contribution in [0.5, 0.6) is 0 Å². The summed E-state index contributed by atoms with van der Waals surface area (Å²) in [5, 5.41) is 78.5. The largest absolute Gasteiger partial charge is 0.458 e. The fraction of sp³-hybridized carbons (Fsp3) is 0.810. The maximum atomic E-state index is 13.6. The van der Waals surface area contributed by atoms with E-state index in [0.29, 0.717) is 32.1 Å². The Bertz CT molecular complexity index is 2510. The van der Waals surface area contributed by atoms with Gasteiger partial charge in [-0.1, -0.05) is 55.8 Å². The third-order valence-corrected chi connectivity index (χ3v) is 21.2. The van der Waals surface area contributed by atoms with Gasteiger partial charge in [0.05, 0.1) is 61.5 Å². The van der Waals surface area contributed by atoms with E-state index >= 15 is 0 Å². The van der Waals surface area contributed by atoms with Crippen LogP contribution < -0.4 is 0 Å². The minimum absolute atomic E-state index is 0.108. The number of carbonyl (C=O) groups is 2. The molecule has 0 aromatic heterocycles. The van der Waals surface area contributed by atoms with Gasteiger partial charge in [-0.25, -0.2) is 4.79 Å². The number of benzene rings is 1. The van der Waals surface area contributed by atoms with E-state index in [-0.39, 0.29) is 50.4 Å². The second-order valence-electron chi connectivity index (χ2n) is 26.1. The van der Waals surface area contributed by atoms with Gasteiger partial charge in [0, 0.05) is 70.3 Å². The van der Waals surface area contributed by atoms with E-state index in [0.717, 1.165) is 11.1 Å². The van der Waals surface area contributed by atoms with Gasteiger partial charge in [0.25, 0.3) is 0 Å². The third kappa shape index (κ3) is 12.5. The van der Waals surface area contributed by atoms with Crippen molar-refractivity contribution in [1.82, 2.24) is 0 Å². The van der Waals surface area contributed by atoms with Crippen LogP contribution in [-0.4, -0.2) is 228 Å². The van der Waals surface area contributed by atoms with Crippen molar-refractivity contribution >= 4 is 17.8 Å². The summed E-state index contributed by atoms with van der Waals surface area (Å²) in [7, 11) is 4.68. The highest BCUT2D eigenvalue weighted by Crippen LogP contribution is 2.70. The number of aliphatic hydroxyl groups excluding tert-OH is 5. The molecule has 4 aliphatic carbocycles. The number of esters is 1. The number of hydrogen-bond acceptors (Lipinski definition) is 23. The molecule has 1 aromatic carbocycles. The molecule has 0 bridgehead atoms. The molecule has 0 amide bonds. The Morgan fingerprint density at radius 2 is 1.19 bits per heavy atom. The zero-order valence-electron chi connectivity index (χ0n) is 51.2. The summed E-state index contributed by atoms with van der Waals surface area (Å²) in [5.41, 5.74) is -3.21. The van der Waals surface area contributed by atoms with Gasteiger partial charge in [-0.3, -0.25) is 4.79 Å². The van der Waals surface area contributed by atoms with Crippen LogP contribution in [-0.2, 0) is 75.9 Å². The summed E-state index contributed by atoms with van der Waals surface area (Å²) >= 11 is 0. The molecule has 23 nitrogen and oxygen atoms in total. The molecule has 0 spiro atoms. The Balaban J connectivity index is 0.709. The molecule has 29 unspecified atom stereocenters. The first-order valence-electron chi connectivity index (χ1n) is 30.9. The van der Waals surface area contributed by atoms with Gasteiger partial charge < -0.3 is 102 Å². The fourth-order valence-corrected chi connectivity index (χ4v) is 16.4. The topological polar surface area (TPSA) is 305 Å². The number of ketones is 1. The highest BCUT2D eigenvalue weighted by Gasteiger charge is 2.77. The van der Waals surface area contributed by atoms with Gasteiger partial charge in [0.15, 0.2) is 31.5 Å². The molecule has 10 rings (SSSR count). The molecule has 86 heavy (non-hydrogen) atoms. The Morgan fingerprint density at radius 1 is 0.651 bits per heavy atom. The summed E-state index contributed by atoms with van der Waals surface area (Å²) in [4.78, 5) is 26.9. The minimum Gasteiger partial charge on any atom is -0.458 e. The van der Waals surface area contributed by atoms with Gasteiger partial charge in [-0.2, -0.15) is 0 Å².